The van der Waals surface area contributed by atoms with Crippen LogP contribution in [0.25, 0.3) is 0 Å². The highest BCUT2D eigenvalue weighted by Crippen LogP contribution is 2.36. The zero-order chi connectivity index (χ0) is 19.2. The van der Waals surface area contributed by atoms with Crippen LogP contribution in [-0.4, -0.2) is 54.9 Å². The maximum absolute atomic E-state index is 12.3. The van der Waals surface area contributed by atoms with Crippen LogP contribution in [0, 0.1) is 5.92 Å². The molecular weight excluding hydrogens is 341 g/mol. The van der Waals surface area contributed by atoms with Crippen LogP contribution in [0.5, 0.6) is 0 Å². The molecule has 0 aromatic heterocycles. The Bertz CT molecular complexity index is 683. The van der Waals surface area contributed by atoms with Gasteiger partial charge < -0.3 is 18.9 Å². The highest BCUT2D eigenvalue weighted by molar-refractivity contribution is 6.62. The van der Waals surface area contributed by atoms with Gasteiger partial charge in [-0.3, -0.25) is 4.79 Å². The molecule has 0 saturated carbocycles. The molecule has 0 unspecified atom stereocenters. The summed E-state index contributed by atoms with van der Waals surface area (Å²) in [5, 5.41) is 0. The fourth-order valence-electron chi connectivity index (χ4n) is 3.99. The quantitative estimate of drug-likeness (QED) is 0.745. The van der Waals surface area contributed by atoms with Crippen LogP contribution in [0.1, 0.15) is 46.1 Å². The molecule has 0 N–H and O–H groups in total. The summed E-state index contributed by atoms with van der Waals surface area (Å²) in [6.45, 7) is 10.7. The maximum Gasteiger partial charge on any atom is 0.494 e. The minimum Gasteiger partial charge on any atom is -0.399 e. The Balaban J connectivity index is 1.40. The van der Waals surface area contributed by atoms with Crippen molar-refractivity contribution in [2.24, 2.45) is 5.92 Å². The number of nitrogens with zero attached hydrogens (tertiary/aromatic N) is 1. The van der Waals surface area contributed by atoms with Crippen molar-refractivity contribution in [2.45, 2.75) is 64.2 Å². The first kappa shape index (κ1) is 19.0. The Morgan fingerprint density at radius 1 is 1.07 bits per heavy atom. The van der Waals surface area contributed by atoms with E-state index in [1.54, 1.807) is 0 Å². The Hall–Kier alpha value is -1.37. The average molecular weight is 371 g/mol. The third kappa shape index (κ3) is 3.67. The molecule has 0 bridgehead atoms. The molecule has 1 amide bonds. The first-order valence-corrected chi connectivity index (χ1v) is 10.1. The molecule has 4 rings (SSSR count). The number of carbonyl (C=O) groups is 1. The van der Waals surface area contributed by atoms with Crippen molar-refractivity contribution in [3.63, 3.8) is 0 Å². The van der Waals surface area contributed by atoms with Crippen molar-refractivity contribution in [1.29, 1.82) is 0 Å². The fourth-order valence-corrected chi connectivity index (χ4v) is 3.99. The van der Waals surface area contributed by atoms with Crippen molar-refractivity contribution in [3.8, 4) is 0 Å². The van der Waals surface area contributed by atoms with Crippen molar-refractivity contribution in [2.75, 3.05) is 19.8 Å². The van der Waals surface area contributed by atoms with Crippen LogP contribution < -0.4 is 5.46 Å². The Kier molecular flexibility index (Phi) is 4.85. The van der Waals surface area contributed by atoms with Gasteiger partial charge in [0, 0.05) is 24.9 Å². The van der Waals surface area contributed by atoms with E-state index in [0.29, 0.717) is 24.3 Å². The maximum atomic E-state index is 12.3. The number of ether oxygens (including phenoxy) is 1. The number of hydrogen-bond donors (Lipinski definition) is 0. The molecule has 146 valence electrons. The molecule has 3 aliphatic heterocycles. The molecule has 5 nitrogen and oxygen atoms in total. The standard InChI is InChI=1S/C21H30BNO4/c1-20(2)21(3,4)27-22(26-20)17-7-5-15(6-8-17)11-18-9-10-19(24)23(18)12-16-13-25-14-16/h5-8,16,18H,9-14H2,1-4H3/t18-/m1/s1. The second kappa shape index (κ2) is 6.91. The first-order chi connectivity index (χ1) is 12.7. The minimum atomic E-state index is -0.327. The Labute approximate surface area is 162 Å². The SMILES string of the molecule is CC1(C)OB(c2ccc(C[C@H]3CCC(=O)N3CC3COC3)cc2)OC1(C)C. The second-order valence-corrected chi connectivity index (χ2v) is 9.18. The van der Waals surface area contributed by atoms with Crippen LogP contribution >= 0.6 is 0 Å². The summed E-state index contributed by atoms with van der Waals surface area (Å²) in [6.07, 6.45) is 2.53. The molecule has 0 aliphatic carbocycles. The van der Waals surface area contributed by atoms with Gasteiger partial charge in [0.2, 0.25) is 5.91 Å². The molecule has 6 heteroatoms. The zero-order valence-electron chi connectivity index (χ0n) is 16.9. The van der Waals surface area contributed by atoms with Gasteiger partial charge in [-0.05, 0) is 51.6 Å². The van der Waals surface area contributed by atoms with E-state index < -0.39 is 0 Å². The first-order valence-electron chi connectivity index (χ1n) is 10.1. The molecule has 3 fully saturated rings. The summed E-state index contributed by atoms with van der Waals surface area (Å²) in [4.78, 5) is 14.3. The molecule has 1 aromatic rings. The zero-order valence-corrected chi connectivity index (χ0v) is 16.9. The van der Waals surface area contributed by atoms with Gasteiger partial charge in [-0.2, -0.15) is 0 Å². The number of amides is 1. The molecule has 0 spiro atoms. The summed E-state index contributed by atoms with van der Waals surface area (Å²) < 4.78 is 17.5. The smallest absolute Gasteiger partial charge is 0.399 e. The van der Waals surface area contributed by atoms with E-state index in [1.165, 1.54) is 5.56 Å². The van der Waals surface area contributed by atoms with Crippen molar-refractivity contribution in [1.82, 2.24) is 4.90 Å². The molecule has 0 radical (unpaired) electrons. The lowest BCUT2D eigenvalue weighted by molar-refractivity contribution is -0.132. The van der Waals surface area contributed by atoms with Crippen LogP contribution in [-0.2, 0) is 25.3 Å². The van der Waals surface area contributed by atoms with Crippen LogP contribution in [0.3, 0.4) is 0 Å². The summed E-state index contributed by atoms with van der Waals surface area (Å²) in [5.41, 5.74) is 1.65. The average Bonchev–Trinajstić information content (AvgIpc) is 3.00. The lowest BCUT2D eigenvalue weighted by atomic mass is 9.78. The van der Waals surface area contributed by atoms with E-state index in [1.807, 2.05) is 0 Å². The van der Waals surface area contributed by atoms with E-state index in [-0.39, 0.29) is 18.3 Å². The van der Waals surface area contributed by atoms with Gasteiger partial charge in [0.25, 0.3) is 0 Å². The predicted molar refractivity (Wildman–Crippen MR) is 105 cm³/mol. The van der Waals surface area contributed by atoms with Gasteiger partial charge in [-0.15, -0.1) is 0 Å². The number of likely N-dealkylation sites (tertiary alicyclic amines) is 1. The highest BCUT2D eigenvalue weighted by Gasteiger charge is 2.51. The molecular formula is C21H30BNO4. The molecule has 3 heterocycles. The number of benzene rings is 1. The van der Waals surface area contributed by atoms with Crippen molar-refractivity contribution >= 4 is 18.5 Å². The third-order valence-electron chi connectivity index (χ3n) is 6.59. The number of rotatable bonds is 5. The summed E-state index contributed by atoms with van der Waals surface area (Å²) >= 11 is 0. The van der Waals surface area contributed by atoms with Gasteiger partial charge in [-0.25, -0.2) is 0 Å². The molecule has 1 atom stereocenters. The molecule has 1 aromatic carbocycles. The Morgan fingerprint density at radius 2 is 1.70 bits per heavy atom. The lowest BCUT2D eigenvalue weighted by Gasteiger charge is -2.33. The molecule has 27 heavy (non-hydrogen) atoms. The van der Waals surface area contributed by atoms with E-state index >= 15 is 0 Å². The number of hydrogen-bond acceptors (Lipinski definition) is 4. The van der Waals surface area contributed by atoms with E-state index in [0.717, 1.165) is 38.1 Å². The second-order valence-electron chi connectivity index (χ2n) is 9.18. The van der Waals surface area contributed by atoms with Crippen LogP contribution in [0.2, 0.25) is 0 Å². The predicted octanol–water partition coefficient (Wildman–Crippen LogP) is 2.17. The monoisotopic (exact) mass is 371 g/mol. The summed E-state index contributed by atoms with van der Waals surface area (Å²) in [7, 11) is -0.327. The number of carbonyl (C=O) groups excluding carboxylic acids is 1. The van der Waals surface area contributed by atoms with Gasteiger partial charge in [0.1, 0.15) is 0 Å². The highest BCUT2D eigenvalue weighted by atomic mass is 16.7. The van der Waals surface area contributed by atoms with E-state index in [9.17, 15) is 4.79 Å². The van der Waals surface area contributed by atoms with E-state index in [2.05, 4.69) is 56.9 Å². The summed E-state index contributed by atoms with van der Waals surface area (Å²) in [6, 6.07) is 8.79. The van der Waals surface area contributed by atoms with Gasteiger partial charge in [0.05, 0.1) is 24.4 Å². The van der Waals surface area contributed by atoms with Gasteiger partial charge in [-0.1, -0.05) is 24.3 Å². The molecule has 3 saturated heterocycles. The lowest BCUT2D eigenvalue weighted by Crippen LogP contribution is -2.44. The molecule has 3 aliphatic rings. The fraction of sp³-hybridized carbons (Fsp3) is 0.667. The topological polar surface area (TPSA) is 48.0 Å². The summed E-state index contributed by atoms with van der Waals surface area (Å²) in [5.74, 6) is 0.807. The Morgan fingerprint density at radius 3 is 2.26 bits per heavy atom. The van der Waals surface area contributed by atoms with Crippen molar-refractivity contribution in [3.05, 3.63) is 29.8 Å². The van der Waals surface area contributed by atoms with Gasteiger partial charge >= 0.3 is 7.12 Å². The van der Waals surface area contributed by atoms with Crippen LogP contribution in [0.4, 0.5) is 0 Å². The van der Waals surface area contributed by atoms with Crippen molar-refractivity contribution < 1.29 is 18.8 Å². The normalized spacial score (nSPS) is 27.3. The minimum absolute atomic E-state index is 0.292. The van der Waals surface area contributed by atoms with E-state index in [4.69, 9.17) is 14.0 Å². The van der Waals surface area contributed by atoms with Gasteiger partial charge in [0.15, 0.2) is 0 Å². The largest absolute Gasteiger partial charge is 0.494 e. The third-order valence-corrected chi connectivity index (χ3v) is 6.59. The van der Waals surface area contributed by atoms with Crippen LogP contribution in [0.15, 0.2) is 24.3 Å².